The summed E-state index contributed by atoms with van der Waals surface area (Å²) >= 11 is 0. The van der Waals surface area contributed by atoms with Crippen LogP contribution in [0.4, 0.5) is 4.79 Å². The van der Waals surface area contributed by atoms with Crippen molar-refractivity contribution in [2.45, 2.75) is 31.9 Å². The third kappa shape index (κ3) is 9.61. The van der Waals surface area contributed by atoms with Crippen LogP contribution in [0.1, 0.15) is 24.0 Å². The van der Waals surface area contributed by atoms with Gasteiger partial charge in [0.25, 0.3) is 0 Å². The summed E-state index contributed by atoms with van der Waals surface area (Å²) in [6.07, 6.45) is 3.71. The van der Waals surface area contributed by atoms with Crippen LogP contribution in [0.5, 0.6) is 5.75 Å². The van der Waals surface area contributed by atoms with Gasteiger partial charge in [0.2, 0.25) is 0 Å². The number of alkyl carbamates (subject to hydrolysis) is 1. The summed E-state index contributed by atoms with van der Waals surface area (Å²) in [5.74, 6) is 4.40. The SMILES string of the molecule is NN=CNN=CCCc1cccc(OCC[C@H](NC(=O)OCc2ccccc2)C(=O)O)c1. The fourth-order valence-corrected chi connectivity index (χ4v) is 2.66. The second-order valence-corrected chi connectivity index (χ2v) is 6.64. The number of carbonyl (C=O) groups excluding carboxylic acids is 1. The predicted molar refractivity (Wildman–Crippen MR) is 120 cm³/mol. The third-order valence-corrected chi connectivity index (χ3v) is 4.24. The minimum absolute atomic E-state index is 0.0592. The van der Waals surface area contributed by atoms with E-state index in [9.17, 15) is 14.7 Å². The van der Waals surface area contributed by atoms with Crippen LogP contribution in [0.3, 0.4) is 0 Å². The van der Waals surface area contributed by atoms with Crippen LogP contribution in [0.15, 0.2) is 64.8 Å². The minimum Gasteiger partial charge on any atom is -0.493 e. The quantitative estimate of drug-likeness (QED) is 0.161. The van der Waals surface area contributed by atoms with Crippen LogP contribution in [-0.2, 0) is 22.6 Å². The second-order valence-electron chi connectivity index (χ2n) is 6.64. The van der Waals surface area contributed by atoms with Crippen molar-refractivity contribution in [1.82, 2.24) is 10.7 Å². The van der Waals surface area contributed by atoms with Crippen molar-refractivity contribution in [3.63, 3.8) is 0 Å². The highest BCUT2D eigenvalue weighted by Crippen LogP contribution is 2.15. The zero-order valence-corrected chi connectivity index (χ0v) is 17.5. The molecular formula is C22H27N5O5. The maximum Gasteiger partial charge on any atom is 0.408 e. The van der Waals surface area contributed by atoms with Crippen LogP contribution in [-0.4, -0.2) is 42.4 Å². The Morgan fingerprint density at radius 1 is 1.12 bits per heavy atom. The molecule has 0 aliphatic carbocycles. The second kappa shape index (κ2) is 14.0. The average molecular weight is 441 g/mol. The molecule has 0 saturated carbocycles. The number of amides is 1. The lowest BCUT2D eigenvalue weighted by atomic mass is 10.1. The van der Waals surface area contributed by atoms with Crippen LogP contribution in [0.25, 0.3) is 0 Å². The van der Waals surface area contributed by atoms with E-state index in [-0.39, 0.29) is 19.6 Å². The largest absolute Gasteiger partial charge is 0.493 e. The molecule has 0 bridgehead atoms. The fraction of sp³-hybridized carbons (Fsp3) is 0.273. The zero-order valence-electron chi connectivity index (χ0n) is 17.5. The van der Waals surface area contributed by atoms with Gasteiger partial charge in [-0.15, -0.1) is 0 Å². The highest BCUT2D eigenvalue weighted by molar-refractivity contribution is 5.79. The van der Waals surface area contributed by atoms with Crippen LogP contribution in [0, 0.1) is 0 Å². The molecule has 5 N–H and O–H groups in total. The van der Waals surface area contributed by atoms with Crippen LogP contribution >= 0.6 is 0 Å². The molecule has 1 atom stereocenters. The lowest BCUT2D eigenvalue weighted by Crippen LogP contribution is -2.42. The first-order valence-corrected chi connectivity index (χ1v) is 9.99. The Kier molecular flexibility index (Phi) is 10.6. The van der Waals surface area contributed by atoms with E-state index in [1.807, 2.05) is 48.5 Å². The van der Waals surface area contributed by atoms with Gasteiger partial charge in [0.1, 0.15) is 24.7 Å². The van der Waals surface area contributed by atoms with Gasteiger partial charge < -0.3 is 25.7 Å². The van der Waals surface area contributed by atoms with Gasteiger partial charge in [-0.25, -0.2) is 9.59 Å². The number of benzene rings is 2. The molecule has 0 aromatic heterocycles. The summed E-state index contributed by atoms with van der Waals surface area (Å²) in [6.45, 7) is 0.173. The summed E-state index contributed by atoms with van der Waals surface area (Å²) in [5.41, 5.74) is 4.40. The van der Waals surface area contributed by atoms with E-state index in [1.54, 1.807) is 12.3 Å². The number of hydrogen-bond donors (Lipinski definition) is 4. The van der Waals surface area contributed by atoms with E-state index in [4.69, 9.17) is 15.3 Å². The van der Waals surface area contributed by atoms with Gasteiger partial charge in [0.05, 0.1) is 6.61 Å². The number of hydrogen-bond acceptors (Lipinski definition) is 7. The maximum atomic E-state index is 11.9. The van der Waals surface area contributed by atoms with E-state index in [0.717, 1.165) is 17.5 Å². The predicted octanol–water partition coefficient (Wildman–Crippen LogP) is 2.25. The number of carbonyl (C=O) groups is 2. The number of carboxylic acids is 1. The van der Waals surface area contributed by atoms with Crippen molar-refractivity contribution in [2.24, 2.45) is 16.0 Å². The summed E-state index contributed by atoms with van der Waals surface area (Å²) in [7, 11) is 0. The van der Waals surface area contributed by atoms with Crippen molar-refractivity contribution in [2.75, 3.05) is 6.61 Å². The number of aliphatic carboxylic acids is 1. The maximum absolute atomic E-state index is 11.9. The van der Waals surface area contributed by atoms with Crippen molar-refractivity contribution in [3.05, 3.63) is 65.7 Å². The standard InChI is InChI=1S/C22H27N5O5/c23-24-16-26-25-12-5-9-17-8-4-10-19(14-17)31-13-11-20(21(28)29)27-22(30)32-15-18-6-2-1-3-7-18/h1-4,6-8,10,12,14,16,20H,5,9,11,13,15,23H2,(H,24,26)(H,27,30)(H,28,29)/t20-/m0/s1. The van der Waals surface area contributed by atoms with Crippen molar-refractivity contribution in [1.29, 1.82) is 0 Å². The van der Waals surface area contributed by atoms with E-state index in [1.165, 1.54) is 6.34 Å². The molecule has 0 spiro atoms. The number of nitrogens with one attached hydrogen (secondary N) is 2. The normalized spacial score (nSPS) is 11.9. The van der Waals surface area contributed by atoms with Crippen molar-refractivity contribution < 1.29 is 24.2 Å². The molecule has 0 saturated heterocycles. The number of ether oxygens (including phenoxy) is 2. The Hall–Kier alpha value is -4.08. The number of nitrogens with two attached hydrogens (primary N) is 1. The average Bonchev–Trinajstić information content (AvgIpc) is 2.80. The summed E-state index contributed by atoms with van der Waals surface area (Å²) < 4.78 is 10.7. The number of rotatable bonds is 13. The molecule has 2 aromatic carbocycles. The molecular weight excluding hydrogens is 414 g/mol. The van der Waals surface area contributed by atoms with Crippen LogP contribution in [0.2, 0.25) is 0 Å². The number of nitrogens with zero attached hydrogens (tertiary/aromatic N) is 2. The molecule has 10 nitrogen and oxygen atoms in total. The first kappa shape index (κ1) is 24.2. The van der Waals surface area contributed by atoms with Gasteiger partial charge in [0, 0.05) is 12.6 Å². The number of aryl methyl sites for hydroxylation is 1. The minimum atomic E-state index is -1.16. The molecule has 0 radical (unpaired) electrons. The van der Waals surface area contributed by atoms with Crippen LogP contribution < -0.4 is 21.3 Å². The summed E-state index contributed by atoms with van der Waals surface area (Å²) in [5, 5.41) is 18.9. The molecule has 0 fully saturated rings. The molecule has 0 unspecified atom stereocenters. The van der Waals surface area contributed by atoms with Gasteiger partial charge >= 0.3 is 12.1 Å². The van der Waals surface area contributed by atoms with Gasteiger partial charge in [-0.05, 0) is 36.1 Å². The molecule has 32 heavy (non-hydrogen) atoms. The Labute approximate surface area is 186 Å². The molecule has 2 rings (SSSR count). The monoisotopic (exact) mass is 441 g/mol. The highest BCUT2D eigenvalue weighted by atomic mass is 16.5. The van der Waals surface area contributed by atoms with E-state index in [0.29, 0.717) is 12.2 Å². The Morgan fingerprint density at radius 2 is 1.91 bits per heavy atom. The summed E-state index contributed by atoms with van der Waals surface area (Å²) in [6, 6.07) is 15.5. The van der Waals surface area contributed by atoms with Gasteiger partial charge in [0.15, 0.2) is 0 Å². The molecule has 170 valence electrons. The Bertz CT molecular complexity index is 905. The van der Waals surface area contributed by atoms with E-state index < -0.39 is 18.1 Å². The Balaban J connectivity index is 1.75. The molecule has 2 aromatic rings. The van der Waals surface area contributed by atoms with Gasteiger partial charge in [-0.1, -0.05) is 42.5 Å². The van der Waals surface area contributed by atoms with E-state index in [2.05, 4.69) is 20.9 Å². The number of hydrazone groups is 2. The number of carboxylic acid groups (broad SMARTS) is 1. The Morgan fingerprint density at radius 3 is 2.66 bits per heavy atom. The molecule has 0 heterocycles. The molecule has 10 heteroatoms. The molecule has 0 aliphatic heterocycles. The third-order valence-electron chi connectivity index (χ3n) is 4.24. The lowest BCUT2D eigenvalue weighted by molar-refractivity contribution is -0.139. The van der Waals surface area contributed by atoms with Crippen molar-refractivity contribution in [3.8, 4) is 5.75 Å². The summed E-state index contributed by atoms with van der Waals surface area (Å²) in [4.78, 5) is 23.4. The van der Waals surface area contributed by atoms with Gasteiger partial charge in [-0.2, -0.15) is 10.2 Å². The first-order chi connectivity index (χ1) is 15.6. The molecule has 1 amide bonds. The molecule has 0 aliphatic rings. The van der Waals surface area contributed by atoms with E-state index >= 15 is 0 Å². The van der Waals surface area contributed by atoms with Gasteiger partial charge in [-0.3, -0.25) is 5.43 Å². The highest BCUT2D eigenvalue weighted by Gasteiger charge is 2.20. The fourth-order valence-electron chi connectivity index (χ4n) is 2.66. The first-order valence-electron chi connectivity index (χ1n) is 9.99. The smallest absolute Gasteiger partial charge is 0.408 e. The lowest BCUT2D eigenvalue weighted by Gasteiger charge is -2.15. The topological polar surface area (TPSA) is 148 Å². The zero-order chi connectivity index (χ0) is 23.0. The van der Waals surface area contributed by atoms with Crippen molar-refractivity contribution >= 4 is 24.6 Å².